The summed E-state index contributed by atoms with van der Waals surface area (Å²) in [5.74, 6) is 0.829. The van der Waals surface area contributed by atoms with Crippen molar-refractivity contribution in [3.8, 4) is 5.75 Å². The summed E-state index contributed by atoms with van der Waals surface area (Å²) in [6.45, 7) is 12.1. The number of benzene rings is 1. The first-order chi connectivity index (χ1) is 9.86. The molecular weight excluding hydrogens is 267 g/mol. The lowest BCUT2D eigenvalue weighted by Gasteiger charge is -2.32. The van der Waals surface area contributed by atoms with E-state index in [1.54, 1.807) is 0 Å². The van der Waals surface area contributed by atoms with Gasteiger partial charge in [-0.25, -0.2) is 0 Å². The summed E-state index contributed by atoms with van der Waals surface area (Å²) < 4.78 is 22.9. The topological polar surface area (TPSA) is 36.9 Å². The van der Waals surface area contributed by atoms with Crippen LogP contribution in [0.25, 0.3) is 0 Å². The van der Waals surface area contributed by atoms with Crippen molar-refractivity contribution in [2.24, 2.45) is 0 Å². The molecule has 0 unspecified atom stereocenters. The highest BCUT2D eigenvalue weighted by atomic mass is 16.7. The summed E-state index contributed by atoms with van der Waals surface area (Å²) in [6.07, 6.45) is 0. The van der Waals surface area contributed by atoms with Gasteiger partial charge in [0.25, 0.3) is 0 Å². The van der Waals surface area contributed by atoms with Crippen LogP contribution < -0.4 is 10.2 Å². The van der Waals surface area contributed by atoms with Gasteiger partial charge in [0.05, 0.1) is 17.8 Å². The van der Waals surface area contributed by atoms with Crippen LogP contribution in [0, 0.1) is 0 Å². The van der Waals surface area contributed by atoms with E-state index in [1.165, 1.54) is 0 Å². The molecule has 0 amide bonds. The van der Waals surface area contributed by atoms with Crippen LogP contribution in [0.2, 0.25) is 0 Å². The molecule has 2 rings (SSSR count). The smallest absolute Gasteiger partial charge is 0.491 e. The van der Waals surface area contributed by atoms with Crippen molar-refractivity contribution in [1.82, 2.24) is 0 Å². The van der Waals surface area contributed by atoms with Gasteiger partial charge in [-0.05, 0) is 52.2 Å². The number of ether oxygens (including phenoxy) is 2. The van der Waals surface area contributed by atoms with Crippen molar-refractivity contribution in [3.63, 3.8) is 0 Å². The van der Waals surface area contributed by atoms with Gasteiger partial charge in [-0.3, -0.25) is 0 Å². The fourth-order valence-corrected chi connectivity index (χ4v) is 2.06. The Bertz CT molecular complexity index is 440. The molecule has 0 atom stereocenters. The number of rotatable bonds is 6. The molecule has 0 aromatic heterocycles. The molecule has 5 heteroatoms. The normalized spacial score (nSPS) is 19.8. The maximum atomic E-state index is 6.02. The summed E-state index contributed by atoms with van der Waals surface area (Å²) in [6, 6.07) is 7.84. The predicted octanol–water partition coefficient (Wildman–Crippen LogP) is 2.40. The Hall–Kier alpha value is -1.04. The van der Waals surface area contributed by atoms with E-state index in [1.807, 2.05) is 31.2 Å². The van der Waals surface area contributed by atoms with Gasteiger partial charge in [-0.1, -0.05) is 12.1 Å². The molecule has 21 heavy (non-hydrogen) atoms. The Kier molecular flexibility index (Phi) is 4.97. The zero-order chi connectivity index (χ0) is 15.5. The van der Waals surface area contributed by atoms with E-state index in [4.69, 9.17) is 18.8 Å². The molecule has 1 aliphatic rings. The summed E-state index contributed by atoms with van der Waals surface area (Å²) >= 11 is 0. The first-order valence-electron chi connectivity index (χ1n) is 7.52. The maximum Gasteiger partial charge on any atom is 0.494 e. The molecule has 1 heterocycles. The van der Waals surface area contributed by atoms with E-state index in [-0.39, 0.29) is 18.3 Å². The lowest BCUT2D eigenvalue weighted by molar-refractivity contribution is 0.00578. The van der Waals surface area contributed by atoms with Crippen molar-refractivity contribution in [2.45, 2.75) is 45.8 Å². The fourth-order valence-electron chi connectivity index (χ4n) is 2.06. The van der Waals surface area contributed by atoms with Crippen LogP contribution >= 0.6 is 0 Å². The minimum atomic E-state index is -0.326. The fraction of sp³-hybridized carbons (Fsp3) is 0.625. The first-order valence-corrected chi connectivity index (χ1v) is 7.52. The lowest BCUT2D eigenvalue weighted by Crippen LogP contribution is -2.41. The van der Waals surface area contributed by atoms with E-state index in [2.05, 4.69) is 27.7 Å². The van der Waals surface area contributed by atoms with Gasteiger partial charge in [0, 0.05) is 6.61 Å². The highest BCUT2D eigenvalue weighted by molar-refractivity contribution is 6.62. The monoisotopic (exact) mass is 292 g/mol. The minimum Gasteiger partial charge on any atom is -0.491 e. The average molecular weight is 292 g/mol. The van der Waals surface area contributed by atoms with Gasteiger partial charge in [0.15, 0.2) is 0 Å². The van der Waals surface area contributed by atoms with Crippen molar-refractivity contribution in [1.29, 1.82) is 0 Å². The van der Waals surface area contributed by atoms with Crippen LogP contribution in [0.15, 0.2) is 24.3 Å². The van der Waals surface area contributed by atoms with Gasteiger partial charge in [0.2, 0.25) is 0 Å². The average Bonchev–Trinajstić information content (AvgIpc) is 2.64. The van der Waals surface area contributed by atoms with Gasteiger partial charge in [-0.2, -0.15) is 0 Å². The predicted molar refractivity (Wildman–Crippen MR) is 84.1 cm³/mol. The summed E-state index contributed by atoms with van der Waals surface area (Å²) in [5.41, 5.74) is 0.375. The van der Waals surface area contributed by atoms with E-state index in [0.717, 1.165) is 11.2 Å². The van der Waals surface area contributed by atoms with Crippen molar-refractivity contribution in [2.75, 3.05) is 19.8 Å². The number of hydrogen-bond acceptors (Lipinski definition) is 4. The van der Waals surface area contributed by atoms with Crippen LogP contribution in [0.5, 0.6) is 5.75 Å². The quantitative estimate of drug-likeness (QED) is 0.596. The third kappa shape index (κ3) is 3.79. The lowest BCUT2D eigenvalue weighted by atomic mass is 9.79. The Morgan fingerprint density at radius 3 is 2.05 bits per heavy atom. The van der Waals surface area contributed by atoms with Gasteiger partial charge < -0.3 is 18.8 Å². The Balaban J connectivity index is 1.94. The molecule has 0 spiro atoms. The number of hydrogen-bond donors (Lipinski definition) is 0. The summed E-state index contributed by atoms with van der Waals surface area (Å²) in [4.78, 5) is 0. The molecule has 1 aliphatic heterocycles. The molecule has 4 nitrogen and oxygen atoms in total. The van der Waals surface area contributed by atoms with Crippen LogP contribution in [0.4, 0.5) is 0 Å². The molecule has 0 N–H and O–H groups in total. The van der Waals surface area contributed by atoms with Crippen LogP contribution in [0.1, 0.15) is 34.6 Å². The van der Waals surface area contributed by atoms with Crippen molar-refractivity contribution < 1.29 is 18.8 Å². The molecule has 116 valence electrons. The SMILES string of the molecule is CCOCCOc1ccc(B2OC(C)(C)C(C)(C)O2)cc1. The molecular formula is C16H25BO4. The second-order valence-corrected chi connectivity index (χ2v) is 6.20. The summed E-state index contributed by atoms with van der Waals surface area (Å²) in [5, 5.41) is 0. The molecule has 0 radical (unpaired) electrons. The Labute approximate surface area is 127 Å². The second kappa shape index (κ2) is 6.38. The first kappa shape index (κ1) is 16.3. The third-order valence-corrected chi connectivity index (χ3v) is 4.11. The molecule has 1 fully saturated rings. The standard InChI is InChI=1S/C16H25BO4/c1-6-18-11-12-19-14-9-7-13(8-10-14)17-20-15(2,3)16(4,5)21-17/h7-10H,6,11-12H2,1-5H3. The summed E-state index contributed by atoms with van der Waals surface area (Å²) in [7, 11) is -0.326. The van der Waals surface area contributed by atoms with E-state index < -0.39 is 0 Å². The largest absolute Gasteiger partial charge is 0.494 e. The van der Waals surface area contributed by atoms with Crippen molar-refractivity contribution in [3.05, 3.63) is 24.3 Å². The molecule has 1 aromatic carbocycles. The van der Waals surface area contributed by atoms with E-state index >= 15 is 0 Å². The van der Waals surface area contributed by atoms with Crippen molar-refractivity contribution >= 4 is 12.6 Å². The Morgan fingerprint density at radius 1 is 0.952 bits per heavy atom. The van der Waals surface area contributed by atoms with E-state index in [0.29, 0.717) is 19.8 Å². The van der Waals surface area contributed by atoms with Gasteiger partial charge in [-0.15, -0.1) is 0 Å². The highest BCUT2D eigenvalue weighted by Gasteiger charge is 2.51. The third-order valence-electron chi connectivity index (χ3n) is 4.11. The highest BCUT2D eigenvalue weighted by Crippen LogP contribution is 2.36. The zero-order valence-corrected chi connectivity index (χ0v) is 13.6. The molecule has 1 saturated heterocycles. The Morgan fingerprint density at radius 2 is 1.52 bits per heavy atom. The van der Waals surface area contributed by atoms with Crippen LogP contribution in [0.3, 0.4) is 0 Å². The van der Waals surface area contributed by atoms with Gasteiger partial charge in [0.1, 0.15) is 12.4 Å². The molecule has 0 saturated carbocycles. The molecule has 0 aliphatic carbocycles. The van der Waals surface area contributed by atoms with E-state index in [9.17, 15) is 0 Å². The minimum absolute atomic E-state index is 0.315. The zero-order valence-electron chi connectivity index (χ0n) is 13.6. The maximum absolute atomic E-state index is 6.02. The van der Waals surface area contributed by atoms with Gasteiger partial charge >= 0.3 is 7.12 Å². The molecule has 0 bridgehead atoms. The van der Waals surface area contributed by atoms with Crippen LogP contribution in [-0.4, -0.2) is 38.1 Å². The van der Waals surface area contributed by atoms with Crippen LogP contribution in [-0.2, 0) is 14.0 Å². The second-order valence-electron chi connectivity index (χ2n) is 6.20. The molecule has 1 aromatic rings.